The lowest BCUT2D eigenvalue weighted by atomic mass is 10.2. The van der Waals surface area contributed by atoms with Crippen molar-refractivity contribution in [2.24, 2.45) is 5.92 Å². The lowest BCUT2D eigenvalue weighted by Gasteiger charge is -2.17. The molecule has 0 amide bonds. The molecule has 0 saturated heterocycles. The standard InChI is InChI=1S/C15H29N3/c1-5-17(6-2)9-10-18-8-7-15(13-18)12-16-11-14(3)4/h7-8,13-14,16H,5-6,9-12H2,1-4H3. The van der Waals surface area contributed by atoms with Gasteiger partial charge in [0.15, 0.2) is 0 Å². The highest BCUT2D eigenvalue weighted by molar-refractivity contribution is 5.09. The third-order valence-corrected chi connectivity index (χ3v) is 3.26. The van der Waals surface area contributed by atoms with Crippen molar-refractivity contribution in [3.05, 3.63) is 24.0 Å². The van der Waals surface area contributed by atoms with Gasteiger partial charge in [-0.2, -0.15) is 0 Å². The van der Waals surface area contributed by atoms with E-state index in [0.717, 1.165) is 45.2 Å². The van der Waals surface area contributed by atoms with Crippen LogP contribution in [0.4, 0.5) is 0 Å². The first-order chi connectivity index (χ1) is 8.65. The molecule has 18 heavy (non-hydrogen) atoms. The fourth-order valence-electron chi connectivity index (χ4n) is 2.04. The predicted octanol–water partition coefficient (Wildman–Crippen LogP) is 2.58. The fraction of sp³-hybridized carbons (Fsp3) is 0.733. The topological polar surface area (TPSA) is 20.2 Å². The predicted molar refractivity (Wildman–Crippen MR) is 78.8 cm³/mol. The molecule has 0 unspecified atom stereocenters. The van der Waals surface area contributed by atoms with Gasteiger partial charge in [-0.25, -0.2) is 0 Å². The highest BCUT2D eigenvalue weighted by atomic mass is 15.1. The second-order valence-corrected chi connectivity index (χ2v) is 5.31. The summed E-state index contributed by atoms with van der Waals surface area (Å²) < 4.78 is 2.30. The number of hydrogen-bond acceptors (Lipinski definition) is 2. The second-order valence-electron chi connectivity index (χ2n) is 5.31. The van der Waals surface area contributed by atoms with Crippen LogP contribution < -0.4 is 5.32 Å². The van der Waals surface area contributed by atoms with Gasteiger partial charge in [0.05, 0.1) is 0 Å². The van der Waals surface area contributed by atoms with Gasteiger partial charge >= 0.3 is 0 Å². The van der Waals surface area contributed by atoms with Crippen molar-refractivity contribution in [3.8, 4) is 0 Å². The lowest BCUT2D eigenvalue weighted by Crippen LogP contribution is -2.26. The van der Waals surface area contributed by atoms with Gasteiger partial charge in [0.1, 0.15) is 0 Å². The maximum absolute atomic E-state index is 3.48. The molecule has 3 heteroatoms. The van der Waals surface area contributed by atoms with Crippen molar-refractivity contribution in [3.63, 3.8) is 0 Å². The third kappa shape index (κ3) is 5.69. The van der Waals surface area contributed by atoms with Crippen LogP contribution in [0.2, 0.25) is 0 Å². The van der Waals surface area contributed by atoms with Crippen LogP contribution >= 0.6 is 0 Å². The average Bonchev–Trinajstić information content (AvgIpc) is 2.78. The Morgan fingerprint density at radius 1 is 1.28 bits per heavy atom. The SMILES string of the molecule is CCN(CC)CCn1ccc(CNCC(C)C)c1. The number of rotatable bonds is 9. The van der Waals surface area contributed by atoms with E-state index in [4.69, 9.17) is 0 Å². The molecule has 0 aliphatic rings. The molecule has 0 spiro atoms. The molecule has 1 aromatic rings. The van der Waals surface area contributed by atoms with E-state index in [2.05, 4.69) is 60.9 Å². The molecule has 3 nitrogen and oxygen atoms in total. The number of nitrogens with zero attached hydrogens (tertiary/aromatic N) is 2. The van der Waals surface area contributed by atoms with Crippen molar-refractivity contribution in [1.29, 1.82) is 0 Å². The highest BCUT2D eigenvalue weighted by Gasteiger charge is 2.01. The second kappa shape index (κ2) is 8.33. The zero-order valence-corrected chi connectivity index (χ0v) is 12.4. The zero-order chi connectivity index (χ0) is 13.4. The van der Waals surface area contributed by atoms with Crippen LogP contribution in [-0.2, 0) is 13.1 Å². The summed E-state index contributed by atoms with van der Waals surface area (Å²) in [5, 5.41) is 3.48. The van der Waals surface area contributed by atoms with E-state index in [-0.39, 0.29) is 0 Å². The van der Waals surface area contributed by atoms with E-state index in [0.29, 0.717) is 0 Å². The minimum absolute atomic E-state index is 0.717. The largest absolute Gasteiger partial charge is 0.353 e. The molecule has 104 valence electrons. The molecule has 0 saturated carbocycles. The Kier molecular flexibility index (Phi) is 7.06. The fourth-order valence-corrected chi connectivity index (χ4v) is 2.04. The zero-order valence-electron chi connectivity index (χ0n) is 12.4. The molecule has 1 aromatic heterocycles. The maximum atomic E-state index is 3.48. The Hall–Kier alpha value is -0.800. The van der Waals surface area contributed by atoms with Crippen LogP contribution in [0.3, 0.4) is 0 Å². The number of hydrogen-bond donors (Lipinski definition) is 1. The molecule has 0 aliphatic carbocycles. The quantitative estimate of drug-likeness (QED) is 0.728. The Bertz CT molecular complexity index is 313. The Balaban J connectivity index is 2.29. The van der Waals surface area contributed by atoms with Crippen LogP contribution in [0.1, 0.15) is 33.3 Å². The van der Waals surface area contributed by atoms with Gasteiger partial charge in [-0.15, -0.1) is 0 Å². The van der Waals surface area contributed by atoms with Gasteiger partial charge in [-0.3, -0.25) is 0 Å². The van der Waals surface area contributed by atoms with Crippen LogP contribution in [0.25, 0.3) is 0 Å². The van der Waals surface area contributed by atoms with Crippen molar-refractivity contribution in [2.45, 2.75) is 40.8 Å². The molecular formula is C15H29N3. The van der Waals surface area contributed by atoms with E-state index >= 15 is 0 Å². The van der Waals surface area contributed by atoms with Gasteiger partial charge in [-0.1, -0.05) is 27.7 Å². The number of aromatic nitrogens is 1. The van der Waals surface area contributed by atoms with Crippen LogP contribution in [0.5, 0.6) is 0 Å². The van der Waals surface area contributed by atoms with Crippen molar-refractivity contribution in [1.82, 2.24) is 14.8 Å². The summed E-state index contributed by atoms with van der Waals surface area (Å²) in [7, 11) is 0. The van der Waals surface area contributed by atoms with Gasteiger partial charge in [0.25, 0.3) is 0 Å². The van der Waals surface area contributed by atoms with Gasteiger partial charge < -0.3 is 14.8 Å². The lowest BCUT2D eigenvalue weighted by molar-refractivity contribution is 0.290. The number of likely N-dealkylation sites (N-methyl/N-ethyl adjacent to an activating group) is 1. The molecular weight excluding hydrogens is 222 g/mol. The smallest absolute Gasteiger partial charge is 0.0347 e. The summed E-state index contributed by atoms with van der Waals surface area (Å²) in [5.41, 5.74) is 1.38. The van der Waals surface area contributed by atoms with Crippen LogP contribution in [0, 0.1) is 5.92 Å². The average molecular weight is 251 g/mol. The molecule has 0 fully saturated rings. The van der Waals surface area contributed by atoms with Crippen LogP contribution in [-0.4, -0.2) is 35.6 Å². The number of nitrogens with one attached hydrogen (secondary N) is 1. The Labute approximate surface area is 112 Å². The molecule has 0 aliphatic heterocycles. The Morgan fingerprint density at radius 2 is 2.00 bits per heavy atom. The molecule has 0 aromatic carbocycles. The van der Waals surface area contributed by atoms with Gasteiger partial charge in [0.2, 0.25) is 0 Å². The van der Waals surface area contributed by atoms with Gasteiger partial charge in [-0.05, 0) is 37.2 Å². The summed E-state index contributed by atoms with van der Waals surface area (Å²) in [6, 6.07) is 2.22. The molecule has 1 N–H and O–H groups in total. The highest BCUT2D eigenvalue weighted by Crippen LogP contribution is 2.02. The third-order valence-electron chi connectivity index (χ3n) is 3.26. The van der Waals surface area contributed by atoms with Crippen molar-refractivity contribution < 1.29 is 0 Å². The monoisotopic (exact) mass is 251 g/mol. The van der Waals surface area contributed by atoms with Crippen molar-refractivity contribution >= 4 is 0 Å². The minimum atomic E-state index is 0.717. The summed E-state index contributed by atoms with van der Waals surface area (Å²) >= 11 is 0. The van der Waals surface area contributed by atoms with Gasteiger partial charge in [0, 0.05) is 32.0 Å². The molecule has 0 bridgehead atoms. The van der Waals surface area contributed by atoms with E-state index in [1.165, 1.54) is 5.56 Å². The minimum Gasteiger partial charge on any atom is -0.353 e. The van der Waals surface area contributed by atoms with E-state index < -0.39 is 0 Å². The van der Waals surface area contributed by atoms with Crippen molar-refractivity contribution in [2.75, 3.05) is 26.2 Å². The molecule has 1 rings (SSSR count). The Morgan fingerprint density at radius 3 is 2.61 bits per heavy atom. The summed E-state index contributed by atoms with van der Waals surface area (Å²) in [5.74, 6) is 0.717. The van der Waals surface area contributed by atoms with Crippen LogP contribution in [0.15, 0.2) is 18.5 Å². The maximum Gasteiger partial charge on any atom is 0.0347 e. The van der Waals surface area contributed by atoms with E-state index in [1.807, 2.05) is 0 Å². The first-order valence-corrected chi connectivity index (χ1v) is 7.23. The summed E-state index contributed by atoms with van der Waals surface area (Å²) in [6.07, 6.45) is 4.45. The first kappa shape index (κ1) is 15.3. The summed E-state index contributed by atoms with van der Waals surface area (Å²) in [6.45, 7) is 15.5. The first-order valence-electron chi connectivity index (χ1n) is 7.23. The summed E-state index contributed by atoms with van der Waals surface area (Å²) in [4.78, 5) is 2.46. The molecule has 0 atom stereocenters. The van der Waals surface area contributed by atoms with E-state index in [9.17, 15) is 0 Å². The molecule has 1 heterocycles. The normalized spacial score (nSPS) is 11.7. The van der Waals surface area contributed by atoms with E-state index in [1.54, 1.807) is 0 Å². The molecule has 0 radical (unpaired) electrons.